The normalized spacial score (nSPS) is 20.2. The molecule has 3 rings (SSSR count). The minimum atomic E-state index is -0.769. The number of hydrogen-bond donors (Lipinski definition) is 2. The lowest BCUT2D eigenvalue weighted by Crippen LogP contribution is -2.52. The number of nitrogens with one attached hydrogen (secondary N) is 2. The Hall–Kier alpha value is -3.35. The van der Waals surface area contributed by atoms with Crippen LogP contribution in [0.4, 0.5) is 0 Å². The second kappa shape index (κ2) is 12.6. The van der Waals surface area contributed by atoms with Crippen LogP contribution in [0.1, 0.15) is 43.2 Å². The third kappa shape index (κ3) is 7.93. The Morgan fingerprint density at radius 2 is 1.85 bits per heavy atom. The van der Waals surface area contributed by atoms with E-state index in [9.17, 15) is 14.4 Å². The summed E-state index contributed by atoms with van der Waals surface area (Å²) in [6.07, 6.45) is 3.70. The number of hydrogen-bond acceptors (Lipinski definition) is 5. The molecule has 0 unspecified atom stereocenters. The fourth-order valence-corrected chi connectivity index (χ4v) is 3.84. The zero-order chi connectivity index (χ0) is 23.5. The van der Waals surface area contributed by atoms with E-state index in [1.54, 1.807) is 0 Å². The molecule has 7 heteroatoms. The van der Waals surface area contributed by atoms with Crippen molar-refractivity contribution in [2.45, 2.75) is 57.0 Å². The smallest absolute Gasteiger partial charge is 0.328 e. The van der Waals surface area contributed by atoms with Gasteiger partial charge in [-0.15, -0.1) is 0 Å². The molecule has 2 N–H and O–H groups in total. The number of methoxy groups -OCH3 is 1. The number of ether oxygens (including phenoxy) is 2. The van der Waals surface area contributed by atoms with Crippen LogP contribution in [0.15, 0.2) is 54.6 Å². The zero-order valence-corrected chi connectivity index (χ0v) is 19.0. The maximum Gasteiger partial charge on any atom is 0.328 e. The van der Waals surface area contributed by atoms with E-state index in [0.29, 0.717) is 38.7 Å². The van der Waals surface area contributed by atoms with Gasteiger partial charge in [0, 0.05) is 6.42 Å². The van der Waals surface area contributed by atoms with Crippen molar-refractivity contribution >= 4 is 17.8 Å². The highest BCUT2D eigenvalue weighted by Crippen LogP contribution is 2.16. The van der Waals surface area contributed by atoms with E-state index in [-0.39, 0.29) is 18.2 Å². The standard InChI is InChI=1S/C26H32N2O5/c1-32-26(31)23-12-5-6-17-33-21-11-7-10-20(18-21)14-16-24(29)27-22(25(30)28-23)15-13-19-8-3-2-4-9-19/h2-4,7-11,18,22-23H,5-6,12-17H2,1H3,(H,27,29)(H,28,30)/t22-,23-/m0/s1. The summed E-state index contributed by atoms with van der Waals surface area (Å²) >= 11 is 0. The molecule has 2 aromatic rings. The van der Waals surface area contributed by atoms with Gasteiger partial charge < -0.3 is 20.1 Å². The Morgan fingerprint density at radius 3 is 2.64 bits per heavy atom. The summed E-state index contributed by atoms with van der Waals surface area (Å²) in [7, 11) is 1.30. The summed E-state index contributed by atoms with van der Waals surface area (Å²) in [5, 5.41) is 5.66. The van der Waals surface area contributed by atoms with E-state index in [0.717, 1.165) is 23.3 Å². The van der Waals surface area contributed by atoms with Crippen molar-refractivity contribution in [2.24, 2.45) is 0 Å². The highest BCUT2D eigenvalue weighted by atomic mass is 16.5. The van der Waals surface area contributed by atoms with Crippen molar-refractivity contribution in [3.8, 4) is 5.75 Å². The molecule has 176 valence electrons. The van der Waals surface area contributed by atoms with Crippen LogP contribution in [0.5, 0.6) is 5.75 Å². The average Bonchev–Trinajstić information content (AvgIpc) is 2.84. The van der Waals surface area contributed by atoms with Gasteiger partial charge in [-0.3, -0.25) is 9.59 Å². The van der Waals surface area contributed by atoms with Crippen LogP contribution in [0.25, 0.3) is 0 Å². The lowest BCUT2D eigenvalue weighted by molar-refractivity contribution is -0.145. The van der Waals surface area contributed by atoms with Crippen molar-refractivity contribution in [1.29, 1.82) is 0 Å². The lowest BCUT2D eigenvalue weighted by atomic mass is 10.0. The van der Waals surface area contributed by atoms with Crippen LogP contribution in [-0.2, 0) is 32.0 Å². The minimum Gasteiger partial charge on any atom is -0.494 e. The van der Waals surface area contributed by atoms with Gasteiger partial charge in [0.1, 0.15) is 17.8 Å². The van der Waals surface area contributed by atoms with Crippen molar-refractivity contribution in [3.63, 3.8) is 0 Å². The van der Waals surface area contributed by atoms with Gasteiger partial charge in [-0.05, 0) is 61.8 Å². The third-order valence-corrected chi connectivity index (χ3v) is 5.71. The Morgan fingerprint density at radius 1 is 1.03 bits per heavy atom. The van der Waals surface area contributed by atoms with Crippen molar-refractivity contribution in [1.82, 2.24) is 10.6 Å². The Balaban J connectivity index is 1.76. The number of benzene rings is 2. The average molecular weight is 453 g/mol. The molecular weight excluding hydrogens is 420 g/mol. The number of carbonyl (C=O) groups excluding carboxylic acids is 3. The first kappa shape index (κ1) is 24.3. The maximum atomic E-state index is 13.1. The van der Waals surface area contributed by atoms with Crippen LogP contribution < -0.4 is 15.4 Å². The van der Waals surface area contributed by atoms with E-state index in [2.05, 4.69) is 10.6 Å². The van der Waals surface area contributed by atoms with Crippen LogP contribution >= 0.6 is 0 Å². The number of esters is 1. The van der Waals surface area contributed by atoms with Crippen LogP contribution in [0, 0.1) is 0 Å². The largest absolute Gasteiger partial charge is 0.494 e. The molecule has 1 aliphatic rings. The van der Waals surface area contributed by atoms with E-state index in [1.165, 1.54) is 7.11 Å². The van der Waals surface area contributed by atoms with Crippen molar-refractivity contribution in [3.05, 3.63) is 65.7 Å². The van der Waals surface area contributed by atoms with E-state index >= 15 is 0 Å². The van der Waals surface area contributed by atoms with E-state index in [4.69, 9.17) is 9.47 Å². The summed E-state index contributed by atoms with van der Waals surface area (Å²) in [5.74, 6) is -0.318. The van der Waals surface area contributed by atoms with Gasteiger partial charge in [-0.2, -0.15) is 0 Å². The van der Waals surface area contributed by atoms with Gasteiger partial charge in [-0.1, -0.05) is 42.5 Å². The van der Waals surface area contributed by atoms with Crippen LogP contribution in [0.2, 0.25) is 0 Å². The zero-order valence-electron chi connectivity index (χ0n) is 19.0. The molecule has 33 heavy (non-hydrogen) atoms. The molecule has 0 fully saturated rings. The molecule has 1 aliphatic heterocycles. The molecule has 7 nitrogen and oxygen atoms in total. The summed E-state index contributed by atoms with van der Waals surface area (Å²) in [6.45, 7) is 0.505. The SMILES string of the molecule is COC(=O)[C@@H]1CCCCOc2cccc(c2)CCC(=O)N[C@@H](CCc2ccccc2)C(=O)N1. The number of fused-ring (bicyclic) bond motifs is 2. The number of rotatable bonds is 4. The van der Waals surface area contributed by atoms with Gasteiger partial charge in [0.15, 0.2) is 0 Å². The summed E-state index contributed by atoms with van der Waals surface area (Å²) in [4.78, 5) is 38.0. The lowest BCUT2D eigenvalue weighted by Gasteiger charge is -2.23. The quantitative estimate of drug-likeness (QED) is 0.696. The molecule has 0 radical (unpaired) electrons. The first-order valence-corrected chi connectivity index (χ1v) is 11.5. The molecule has 0 spiro atoms. The fraction of sp³-hybridized carbons (Fsp3) is 0.423. The molecule has 2 bridgehead atoms. The third-order valence-electron chi connectivity index (χ3n) is 5.71. The molecular formula is C26H32N2O5. The summed E-state index contributed by atoms with van der Waals surface area (Å²) in [6, 6.07) is 16.0. The second-order valence-corrected chi connectivity index (χ2v) is 8.22. The molecule has 2 aromatic carbocycles. The molecule has 0 aliphatic carbocycles. The van der Waals surface area contributed by atoms with Crippen LogP contribution in [-0.4, -0.2) is 43.6 Å². The first-order valence-electron chi connectivity index (χ1n) is 11.5. The second-order valence-electron chi connectivity index (χ2n) is 8.22. The number of aryl methyl sites for hydroxylation is 2. The Labute approximate surface area is 194 Å². The van der Waals surface area contributed by atoms with Gasteiger partial charge in [0.25, 0.3) is 0 Å². The topological polar surface area (TPSA) is 93.7 Å². The Kier molecular flexibility index (Phi) is 9.30. The van der Waals surface area contributed by atoms with E-state index < -0.39 is 18.1 Å². The molecule has 1 heterocycles. The van der Waals surface area contributed by atoms with Gasteiger partial charge >= 0.3 is 5.97 Å². The van der Waals surface area contributed by atoms with Crippen molar-refractivity contribution < 1.29 is 23.9 Å². The molecule has 0 saturated heterocycles. The predicted molar refractivity (Wildman–Crippen MR) is 125 cm³/mol. The van der Waals surface area contributed by atoms with Gasteiger partial charge in [-0.25, -0.2) is 4.79 Å². The van der Waals surface area contributed by atoms with Gasteiger partial charge in [0.2, 0.25) is 11.8 Å². The first-order chi connectivity index (χ1) is 16.0. The predicted octanol–water partition coefficient (Wildman–Crippen LogP) is 2.96. The molecule has 0 aromatic heterocycles. The Bertz CT molecular complexity index is 931. The maximum absolute atomic E-state index is 13.1. The van der Waals surface area contributed by atoms with Crippen molar-refractivity contribution in [2.75, 3.05) is 13.7 Å². The fourth-order valence-electron chi connectivity index (χ4n) is 3.84. The van der Waals surface area contributed by atoms with Crippen LogP contribution in [0.3, 0.4) is 0 Å². The minimum absolute atomic E-state index is 0.212. The monoisotopic (exact) mass is 452 g/mol. The molecule has 2 atom stereocenters. The highest BCUT2D eigenvalue weighted by molar-refractivity contribution is 5.90. The molecule has 2 amide bonds. The highest BCUT2D eigenvalue weighted by Gasteiger charge is 2.27. The number of amides is 2. The summed E-state index contributed by atoms with van der Waals surface area (Å²) in [5.41, 5.74) is 2.08. The number of carbonyl (C=O) groups is 3. The van der Waals surface area contributed by atoms with Gasteiger partial charge in [0.05, 0.1) is 13.7 Å². The molecule has 0 saturated carbocycles. The summed E-state index contributed by atoms with van der Waals surface area (Å²) < 4.78 is 10.7. The van der Waals surface area contributed by atoms with E-state index in [1.807, 2.05) is 54.6 Å².